The van der Waals surface area contributed by atoms with Gasteiger partial charge in [-0.1, -0.05) is 13.8 Å². The summed E-state index contributed by atoms with van der Waals surface area (Å²) in [6.07, 6.45) is 0.258. The fraction of sp³-hybridized carbons (Fsp3) is 0.467. The Balaban J connectivity index is 2.82. The van der Waals surface area contributed by atoms with Gasteiger partial charge in [-0.25, -0.2) is 13.1 Å². The number of hydrogen-bond acceptors (Lipinski definition) is 4. The smallest absolute Gasteiger partial charge is 0.253 e. The summed E-state index contributed by atoms with van der Waals surface area (Å²) in [6, 6.07) is 7.76. The number of hydrogen-bond donors (Lipinski definition) is 1. The van der Waals surface area contributed by atoms with Gasteiger partial charge >= 0.3 is 0 Å². The minimum absolute atomic E-state index is 0.129. The second-order valence-electron chi connectivity index (χ2n) is 5.40. The van der Waals surface area contributed by atoms with Crippen LogP contribution in [0.15, 0.2) is 29.2 Å². The van der Waals surface area contributed by atoms with Crippen LogP contribution in [0, 0.1) is 17.2 Å². The lowest BCUT2D eigenvalue weighted by Gasteiger charge is -2.15. The molecular formula is C15H21N3O3S. The van der Waals surface area contributed by atoms with Gasteiger partial charge in [-0.3, -0.25) is 4.79 Å². The van der Waals surface area contributed by atoms with E-state index in [1.807, 2.05) is 19.9 Å². The Kier molecular flexibility index (Phi) is 6.53. The van der Waals surface area contributed by atoms with Crippen molar-refractivity contribution < 1.29 is 13.2 Å². The molecule has 7 heteroatoms. The highest BCUT2D eigenvalue weighted by Gasteiger charge is 2.16. The average molecular weight is 323 g/mol. The molecule has 6 nitrogen and oxygen atoms in total. The van der Waals surface area contributed by atoms with Crippen LogP contribution in [0.25, 0.3) is 0 Å². The van der Waals surface area contributed by atoms with Crippen LogP contribution in [0.1, 0.15) is 30.6 Å². The van der Waals surface area contributed by atoms with Crippen molar-refractivity contribution >= 4 is 15.9 Å². The zero-order chi connectivity index (χ0) is 16.8. The van der Waals surface area contributed by atoms with E-state index in [1.54, 1.807) is 7.05 Å². The highest BCUT2D eigenvalue weighted by molar-refractivity contribution is 7.89. The third kappa shape index (κ3) is 5.13. The van der Waals surface area contributed by atoms with Crippen LogP contribution in [0.5, 0.6) is 0 Å². The minimum atomic E-state index is -3.55. The molecule has 0 fully saturated rings. The van der Waals surface area contributed by atoms with Gasteiger partial charge in [0.2, 0.25) is 10.0 Å². The number of nitrogens with zero attached hydrogens (tertiary/aromatic N) is 2. The van der Waals surface area contributed by atoms with Gasteiger partial charge in [-0.15, -0.1) is 0 Å². The number of nitrogens with one attached hydrogen (secondary N) is 1. The van der Waals surface area contributed by atoms with Gasteiger partial charge in [0.05, 0.1) is 17.4 Å². The Morgan fingerprint density at radius 2 is 1.91 bits per heavy atom. The monoisotopic (exact) mass is 323 g/mol. The molecule has 22 heavy (non-hydrogen) atoms. The molecule has 0 bridgehead atoms. The van der Waals surface area contributed by atoms with Gasteiger partial charge in [0.25, 0.3) is 5.91 Å². The van der Waals surface area contributed by atoms with E-state index in [9.17, 15) is 13.2 Å². The Morgan fingerprint density at radius 3 is 2.41 bits per heavy atom. The molecule has 0 aliphatic carbocycles. The first-order valence-electron chi connectivity index (χ1n) is 7.00. The number of carbonyl (C=O) groups excluding carboxylic acids is 1. The fourth-order valence-electron chi connectivity index (χ4n) is 1.68. The van der Waals surface area contributed by atoms with E-state index in [4.69, 9.17) is 5.26 Å². The van der Waals surface area contributed by atoms with Crippen LogP contribution in [0.4, 0.5) is 0 Å². The quantitative estimate of drug-likeness (QED) is 0.825. The largest absolute Gasteiger partial charge is 0.341 e. The van der Waals surface area contributed by atoms with Crippen molar-refractivity contribution in [1.82, 2.24) is 9.62 Å². The molecule has 0 aliphatic heterocycles. The summed E-state index contributed by atoms with van der Waals surface area (Å²) in [6.45, 7) is 4.54. The lowest BCUT2D eigenvalue weighted by Crippen LogP contribution is -2.28. The summed E-state index contributed by atoms with van der Waals surface area (Å²) < 4.78 is 26.6. The first kappa shape index (κ1) is 18.1. The zero-order valence-corrected chi connectivity index (χ0v) is 13.9. The van der Waals surface area contributed by atoms with Gasteiger partial charge in [-0.05, 0) is 30.2 Å². The molecule has 1 N–H and O–H groups in total. The molecule has 1 aromatic carbocycles. The number of carbonyl (C=O) groups is 1. The van der Waals surface area contributed by atoms with Crippen molar-refractivity contribution in [1.29, 1.82) is 5.26 Å². The maximum Gasteiger partial charge on any atom is 0.253 e. The van der Waals surface area contributed by atoms with E-state index in [2.05, 4.69) is 4.72 Å². The highest BCUT2D eigenvalue weighted by Crippen LogP contribution is 2.12. The molecule has 0 unspecified atom stereocenters. The highest BCUT2D eigenvalue weighted by atomic mass is 32.2. The van der Waals surface area contributed by atoms with Crippen LogP contribution in [0.2, 0.25) is 0 Å². The molecule has 0 aromatic heterocycles. The predicted octanol–water partition coefficient (Wildman–Crippen LogP) is 1.61. The van der Waals surface area contributed by atoms with Crippen molar-refractivity contribution in [3.05, 3.63) is 29.8 Å². The first-order valence-corrected chi connectivity index (χ1v) is 8.48. The Morgan fingerprint density at radius 1 is 1.32 bits per heavy atom. The molecule has 0 spiro atoms. The average Bonchev–Trinajstić information content (AvgIpc) is 2.50. The van der Waals surface area contributed by atoms with Gasteiger partial charge in [-0.2, -0.15) is 5.26 Å². The summed E-state index contributed by atoms with van der Waals surface area (Å²) in [5.41, 5.74) is 0.392. The molecule has 0 aliphatic rings. The molecule has 0 atom stereocenters. The number of sulfonamides is 1. The van der Waals surface area contributed by atoms with E-state index < -0.39 is 10.0 Å². The van der Waals surface area contributed by atoms with Crippen LogP contribution in [-0.4, -0.2) is 39.4 Å². The molecule has 120 valence electrons. The van der Waals surface area contributed by atoms with Crippen LogP contribution < -0.4 is 4.72 Å². The summed E-state index contributed by atoms with van der Waals surface area (Å²) in [5.74, 6) is -0.0289. The van der Waals surface area contributed by atoms with Crippen LogP contribution in [-0.2, 0) is 10.0 Å². The second kappa shape index (κ2) is 7.92. The third-order valence-corrected chi connectivity index (χ3v) is 4.44. The number of nitriles is 1. The van der Waals surface area contributed by atoms with Gasteiger partial charge < -0.3 is 4.90 Å². The number of amides is 1. The topological polar surface area (TPSA) is 90.3 Å². The Bertz CT molecular complexity index is 646. The van der Waals surface area contributed by atoms with Crippen molar-refractivity contribution in [3.8, 4) is 6.07 Å². The number of benzene rings is 1. The SMILES string of the molecule is CC(C)CNS(=O)(=O)c1ccc(C(=O)N(C)CCC#N)cc1. The lowest BCUT2D eigenvalue weighted by molar-refractivity contribution is 0.0798. The van der Waals surface area contributed by atoms with Crippen LogP contribution in [0.3, 0.4) is 0 Å². The van der Waals surface area contributed by atoms with Crippen molar-refractivity contribution in [3.63, 3.8) is 0 Å². The molecule has 0 saturated carbocycles. The first-order chi connectivity index (χ1) is 10.3. The maximum atomic E-state index is 12.1. The Hall–Kier alpha value is -1.91. The molecule has 0 radical (unpaired) electrons. The van der Waals surface area contributed by atoms with E-state index in [0.29, 0.717) is 18.7 Å². The summed E-state index contributed by atoms with van der Waals surface area (Å²) in [4.78, 5) is 13.6. The van der Waals surface area contributed by atoms with Gasteiger partial charge in [0, 0.05) is 25.7 Å². The van der Waals surface area contributed by atoms with E-state index in [-0.39, 0.29) is 23.1 Å². The van der Waals surface area contributed by atoms with Crippen molar-refractivity contribution in [2.45, 2.75) is 25.2 Å². The fourth-order valence-corrected chi connectivity index (χ4v) is 2.89. The molecule has 0 heterocycles. The summed E-state index contributed by atoms with van der Waals surface area (Å²) >= 11 is 0. The van der Waals surface area contributed by atoms with Crippen molar-refractivity contribution in [2.75, 3.05) is 20.1 Å². The summed E-state index contributed by atoms with van der Waals surface area (Å²) in [5, 5.41) is 8.52. The zero-order valence-electron chi connectivity index (χ0n) is 13.0. The van der Waals surface area contributed by atoms with Gasteiger partial charge in [0.15, 0.2) is 0 Å². The van der Waals surface area contributed by atoms with E-state index in [1.165, 1.54) is 29.2 Å². The lowest BCUT2D eigenvalue weighted by atomic mass is 10.2. The molecular weight excluding hydrogens is 302 g/mol. The molecule has 1 amide bonds. The minimum Gasteiger partial charge on any atom is -0.341 e. The van der Waals surface area contributed by atoms with Crippen LogP contribution >= 0.6 is 0 Å². The molecule has 1 rings (SSSR count). The van der Waals surface area contributed by atoms with E-state index in [0.717, 1.165) is 0 Å². The van der Waals surface area contributed by atoms with Gasteiger partial charge in [0.1, 0.15) is 0 Å². The maximum absolute atomic E-state index is 12.1. The second-order valence-corrected chi connectivity index (χ2v) is 7.17. The predicted molar refractivity (Wildman–Crippen MR) is 83.7 cm³/mol. The number of rotatable bonds is 7. The summed E-state index contributed by atoms with van der Waals surface area (Å²) in [7, 11) is -1.94. The third-order valence-electron chi connectivity index (χ3n) is 3.00. The van der Waals surface area contributed by atoms with Crippen molar-refractivity contribution in [2.24, 2.45) is 5.92 Å². The normalized spacial score (nSPS) is 11.2. The van der Waals surface area contributed by atoms with E-state index >= 15 is 0 Å². The standard InChI is InChI=1S/C15H21N3O3S/c1-12(2)11-17-22(20,21)14-7-5-13(6-8-14)15(19)18(3)10-4-9-16/h5-8,12,17H,4,10-11H2,1-3H3. The molecule has 0 saturated heterocycles. The molecule has 1 aromatic rings. The Labute approximate surface area is 131 Å².